The molecule has 4 nitrogen and oxygen atoms in total. The Hall–Kier alpha value is -0.840. The van der Waals surface area contributed by atoms with Crippen LogP contribution in [0.4, 0.5) is 0 Å². The van der Waals surface area contributed by atoms with Crippen LogP contribution in [0.3, 0.4) is 0 Å². The van der Waals surface area contributed by atoms with Crippen LogP contribution in [0, 0.1) is 5.92 Å². The van der Waals surface area contributed by atoms with Crippen molar-refractivity contribution < 1.29 is 4.79 Å². The maximum atomic E-state index is 11.3. The molecule has 1 atom stereocenters. The third kappa shape index (κ3) is 1.91. The van der Waals surface area contributed by atoms with Gasteiger partial charge in [0.15, 0.2) is 0 Å². The second-order valence-corrected chi connectivity index (χ2v) is 4.30. The molecule has 2 heterocycles. The summed E-state index contributed by atoms with van der Waals surface area (Å²) in [7, 11) is 1.84. The second kappa shape index (κ2) is 3.49. The Morgan fingerprint density at radius 2 is 2.62 bits per heavy atom. The monoisotopic (exact) mass is 197 g/mol. The number of hydrogen-bond donors (Lipinski definition) is 0. The Bertz CT molecular complexity index is 323. The fraction of sp³-hybridized carbons (Fsp3) is 0.625. The maximum Gasteiger partial charge on any atom is 0.147 e. The van der Waals surface area contributed by atoms with E-state index in [1.54, 1.807) is 16.4 Å². The van der Waals surface area contributed by atoms with Crippen molar-refractivity contribution in [1.82, 2.24) is 15.0 Å². The molecule has 0 radical (unpaired) electrons. The molecule has 1 aliphatic heterocycles. The van der Waals surface area contributed by atoms with E-state index < -0.39 is 0 Å². The Kier molecular flexibility index (Phi) is 2.35. The van der Waals surface area contributed by atoms with Gasteiger partial charge in [-0.15, -0.1) is 5.10 Å². The molecule has 0 N–H and O–H groups in total. The standard InChI is InChI=1S/C8H11N3OS/c1-11-3-7(9-10-11)2-6-4-13-5-8(6)12/h3,6H,2,4-5H2,1H3. The first kappa shape index (κ1) is 8.74. The zero-order valence-corrected chi connectivity index (χ0v) is 8.25. The number of hydrogen-bond acceptors (Lipinski definition) is 4. The van der Waals surface area contributed by atoms with Gasteiger partial charge >= 0.3 is 0 Å². The summed E-state index contributed by atoms with van der Waals surface area (Å²) in [5.41, 5.74) is 0.920. The van der Waals surface area contributed by atoms with Crippen molar-refractivity contribution in [3.05, 3.63) is 11.9 Å². The number of carbonyl (C=O) groups excluding carboxylic acids is 1. The van der Waals surface area contributed by atoms with E-state index in [9.17, 15) is 4.79 Å². The molecule has 0 spiro atoms. The van der Waals surface area contributed by atoms with Crippen LogP contribution in [0.1, 0.15) is 5.69 Å². The minimum Gasteiger partial charge on any atom is -0.298 e. The highest BCUT2D eigenvalue weighted by Gasteiger charge is 2.25. The first-order valence-corrected chi connectivity index (χ1v) is 5.37. The lowest BCUT2D eigenvalue weighted by Gasteiger charge is -2.01. The van der Waals surface area contributed by atoms with E-state index >= 15 is 0 Å². The summed E-state index contributed by atoms with van der Waals surface area (Å²) in [5, 5.41) is 7.80. The van der Waals surface area contributed by atoms with Gasteiger partial charge in [-0.25, -0.2) is 0 Å². The molecule has 1 unspecified atom stereocenters. The van der Waals surface area contributed by atoms with Crippen molar-refractivity contribution in [2.24, 2.45) is 13.0 Å². The van der Waals surface area contributed by atoms with Crippen LogP contribution in [-0.4, -0.2) is 32.3 Å². The van der Waals surface area contributed by atoms with Gasteiger partial charge in [-0.1, -0.05) is 5.21 Å². The second-order valence-electron chi connectivity index (χ2n) is 3.27. The predicted octanol–water partition coefficient (Wildman–Crippen LogP) is 0.290. The van der Waals surface area contributed by atoms with Crippen molar-refractivity contribution in [2.75, 3.05) is 11.5 Å². The molecule has 0 aliphatic carbocycles. The third-order valence-corrected chi connectivity index (χ3v) is 3.25. The number of Topliss-reactive ketones (excluding diaryl/α,β-unsaturated/α-hetero) is 1. The molecule has 0 bridgehead atoms. The fourth-order valence-corrected chi connectivity index (χ4v) is 2.57. The normalized spacial score (nSPS) is 22.5. The number of ketones is 1. The molecule has 70 valence electrons. The molecule has 1 saturated heterocycles. The molecule has 13 heavy (non-hydrogen) atoms. The minimum atomic E-state index is 0.168. The Balaban J connectivity index is 2.01. The number of thioether (sulfide) groups is 1. The minimum absolute atomic E-state index is 0.168. The maximum absolute atomic E-state index is 11.3. The summed E-state index contributed by atoms with van der Waals surface area (Å²) < 4.78 is 1.67. The van der Waals surface area contributed by atoms with Gasteiger partial charge in [0.2, 0.25) is 0 Å². The van der Waals surface area contributed by atoms with Crippen LogP contribution >= 0.6 is 11.8 Å². The highest BCUT2D eigenvalue weighted by Crippen LogP contribution is 2.22. The van der Waals surface area contributed by atoms with E-state index in [1.807, 2.05) is 13.2 Å². The van der Waals surface area contributed by atoms with Crippen molar-refractivity contribution >= 4 is 17.5 Å². The van der Waals surface area contributed by atoms with Gasteiger partial charge in [0.05, 0.1) is 11.4 Å². The average molecular weight is 197 g/mol. The van der Waals surface area contributed by atoms with Crippen LogP contribution in [0.15, 0.2) is 6.20 Å². The molecule has 0 saturated carbocycles. The quantitative estimate of drug-likeness (QED) is 0.683. The summed E-state index contributed by atoms with van der Waals surface area (Å²) in [4.78, 5) is 11.3. The highest BCUT2D eigenvalue weighted by atomic mass is 32.2. The zero-order valence-electron chi connectivity index (χ0n) is 7.43. The zero-order chi connectivity index (χ0) is 9.26. The number of carbonyl (C=O) groups is 1. The SMILES string of the molecule is Cn1cc(CC2CSCC2=O)nn1. The van der Waals surface area contributed by atoms with Crippen molar-refractivity contribution in [3.8, 4) is 0 Å². The van der Waals surface area contributed by atoms with Crippen molar-refractivity contribution in [1.29, 1.82) is 0 Å². The molecule has 0 amide bonds. The van der Waals surface area contributed by atoms with Gasteiger partial charge in [0, 0.05) is 31.3 Å². The van der Waals surface area contributed by atoms with E-state index in [1.165, 1.54) is 0 Å². The predicted molar refractivity (Wildman–Crippen MR) is 50.5 cm³/mol. The lowest BCUT2D eigenvalue weighted by atomic mass is 10.0. The number of aromatic nitrogens is 3. The molecule has 1 fully saturated rings. The summed E-state index contributed by atoms with van der Waals surface area (Å²) in [5.74, 6) is 2.14. The van der Waals surface area contributed by atoms with Crippen LogP contribution in [0.25, 0.3) is 0 Å². The van der Waals surface area contributed by atoms with E-state index in [-0.39, 0.29) is 5.92 Å². The molecule has 2 rings (SSSR count). The van der Waals surface area contributed by atoms with Crippen molar-refractivity contribution in [2.45, 2.75) is 6.42 Å². The largest absolute Gasteiger partial charge is 0.298 e. The Morgan fingerprint density at radius 3 is 3.15 bits per heavy atom. The first-order chi connectivity index (χ1) is 6.25. The molecule has 5 heteroatoms. The number of rotatable bonds is 2. The molecule has 0 aromatic carbocycles. The van der Waals surface area contributed by atoms with E-state index in [0.29, 0.717) is 11.5 Å². The molecule has 1 aromatic heterocycles. The topological polar surface area (TPSA) is 47.8 Å². The first-order valence-electron chi connectivity index (χ1n) is 4.21. The van der Waals surface area contributed by atoms with Gasteiger partial charge in [-0.05, 0) is 0 Å². The summed E-state index contributed by atoms with van der Waals surface area (Å²) >= 11 is 1.71. The Labute approximate surface area is 80.7 Å². The lowest BCUT2D eigenvalue weighted by molar-refractivity contribution is -0.119. The van der Waals surface area contributed by atoms with E-state index in [2.05, 4.69) is 10.3 Å². The van der Waals surface area contributed by atoms with E-state index in [0.717, 1.165) is 17.9 Å². The average Bonchev–Trinajstić information content (AvgIpc) is 2.64. The van der Waals surface area contributed by atoms with Crippen LogP contribution < -0.4 is 0 Å². The molecule has 1 aromatic rings. The Morgan fingerprint density at radius 1 is 1.77 bits per heavy atom. The van der Waals surface area contributed by atoms with Gasteiger partial charge in [-0.2, -0.15) is 11.8 Å². The number of aryl methyl sites for hydroxylation is 1. The fourth-order valence-electron chi connectivity index (χ4n) is 1.43. The van der Waals surface area contributed by atoms with Crippen LogP contribution in [0.2, 0.25) is 0 Å². The molecule has 1 aliphatic rings. The van der Waals surface area contributed by atoms with Crippen LogP contribution in [0.5, 0.6) is 0 Å². The summed E-state index contributed by atoms with van der Waals surface area (Å²) in [6.07, 6.45) is 2.62. The lowest BCUT2D eigenvalue weighted by Crippen LogP contribution is -2.14. The summed E-state index contributed by atoms with van der Waals surface area (Å²) in [6.45, 7) is 0. The highest BCUT2D eigenvalue weighted by molar-refractivity contribution is 8.00. The van der Waals surface area contributed by atoms with Gasteiger partial charge in [-0.3, -0.25) is 9.48 Å². The molecular weight excluding hydrogens is 186 g/mol. The van der Waals surface area contributed by atoms with Crippen LogP contribution in [-0.2, 0) is 18.3 Å². The smallest absolute Gasteiger partial charge is 0.147 e. The molecular formula is C8H11N3OS. The van der Waals surface area contributed by atoms with Crippen molar-refractivity contribution in [3.63, 3.8) is 0 Å². The van der Waals surface area contributed by atoms with Gasteiger partial charge < -0.3 is 0 Å². The summed E-state index contributed by atoms with van der Waals surface area (Å²) in [6, 6.07) is 0. The number of nitrogens with zero attached hydrogens (tertiary/aromatic N) is 3. The van der Waals surface area contributed by atoms with Gasteiger partial charge in [0.1, 0.15) is 5.78 Å². The van der Waals surface area contributed by atoms with Gasteiger partial charge in [0.25, 0.3) is 0 Å². The third-order valence-electron chi connectivity index (χ3n) is 2.12. The van der Waals surface area contributed by atoms with E-state index in [4.69, 9.17) is 0 Å².